The van der Waals surface area contributed by atoms with E-state index in [0.29, 0.717) is 23.5 Å². The van der Waals surface area contributed by atoms with Crippen LogP contribution in [0, 0.1) is 5.82 Å². The van der Waals surface area contributed by atoms with E-state index in [1.807, 2.05) is 6.92 Å². The van der Waals surface area contributed by atoms with Gasteiger partial charge >= 0.3 is 0 Å². The molecule has 0 saturated carbocycles. The molecule has 8 heteroatoms. The fourth-order valence-electron chi connectivity index (χ4n) is 3.46. The second-order valence-corrected chi connectivity index (χ2v) is 6.84. The van der Waals surface area contributed by atoms with Crippen LogP contribution in [-0.4, -0.2) is 59.8 Å². The summed E-state index contributed by atoms with van der Waals surface area (Å²) in [7, 11) is 0. The summed E-state index contributed by atoms with van der Waals surface area (Å²) in [5.74, 6) is -1.79. The minimum absolute atomic E-state index is 0.0622. The lowest BCUT2D eigenvalue weighted by molar-refractivity contribution is -0.140. The summed E-state index contributed by atoms with van der Waals surface area (Å²) in [6, 6.07) is 11.0. The van der Waals surface area contributed by atoms with Crippen molar-refractivity contribution in [2.24, 2.45) is 0 Å². The Kier molecular flexibility index (Phi) is 7.38. The standard InChI is InChI=1S/C23H24FNO6/c1-2-31-18-9-5-16(6-10-18)21(27)19-20(15-3-7-17(24)8-4-15)25(23(29)22(19)28)11-13-30-14-12-26/h3-10,20,26-27H,2,11-14H2,1H3/b21-19+/t20-/m1/s1. The zero-order chi connectivity index (χ0) is 22.4. The molecule has 2 N–H and O–H groups in total. The molecule has 31 heavy (non-hydrogen) atoms. The molecule has 0 aliphatic carbocycles. The number of carbonyl (C=O) groups is 2. The summed E-state index contributed by atoms with van der Waals surface area (Å²) in [4.78, 5) is 26.9. The summed E-state index contributed by atoms with van der Waals surface area (Å²) >= 11 is 0. The Labute approximate surface area is 179 Å². The van der Waals surface area contributed by atoms with E-state index in [2.05, 4.69) is 0 Å². The summed E-state index contributed by atoms with van der Waals surface area (Å²) in [5, 5.41) is 19.8. The van der Waals surface area contributed by atoms with E-state index in [9.17, 15) is 19.1 Å². The minimum Gasteiger partial charge on any atom is -0.507 e. The zero-order valence-electron chi connectivity index (χ0n) is 17.1. The summed E-state index contributed by atoms with van der Waals surface area (Å²) in [6.07, 6.45) is 0. The Morgan fingerprint density at radius 1 is 1.06 bits per heavy atom. The highest BCUT2D eigenvalue weighted by Crippen LogP contribution is 2.39. The predicted molar refractivity (Wildman–Crippen MR) is 111 cm³/mol. The van der Waals surface area contributed by atoms with Gasteiger partial charge in [0.1, 0.15) is 17.3 Å². The van der Waals surface area contributed by atoms with Crippen molar-refractivity contribution in [1.29, 1.82) is 0 Å². The smallest absolute Gasteiger partial charge is 0.295 e. The minimum atomic E-state index is -0.898. The number of nitrogens with zero attached hydrogens (tertiary/aromatic N) is 1. The van der Waals surface area contributed by atoms with Crippen molar-refractivity contribution in [2.75, 3.05) is 33.0 Å². The maximum atomic E-state index is 13.5. The van der Waals surface area contributed by atoms with E-state index in [1.165, 1.54) is 29.2 Å². The molecule has 7 nitrogen and oxygen atoms in total. The van der Waals surface area contributed by atoms with E-state index < -0.39 is 23.5 Å². The SMILES string of the molecule is CCOc1ccc(/C(O)=C2\C(=O)C(=O)N(CCOCCO)[C@@H]2c2ccc(F)cc2)cc1. The molecule has 0 unspecified atom stereocenters. The van der Waals surface area contributed by atoms with Gasteiger partial charge in [0.25, 0.3) is 11.7 Å². The third-order valence-electron chi connectivity index (χ3n) is 4.88. The molecule has 0 bridgehead atoms. The van der Waals surface area contributed by atoms with Crippen LogP contribution in [0.15, 0.2) is 54.1 Å². The van der Waals surface area contributed by atoms with Crippen molar-refractivity contribution in [2.45, 2.75) is 13.0 Å². The molecule has 0 aromatic heterocycles. The van der Waals surface area contributed by atoms with Gasteiger partial charge in [-0.3, -0.25) is 9.59 Å². The van der Waals surface area contributed by atoms with Crippen LogP contribution in [0.1, 0.15) is 24.1 Å². The maximum absolute atomic E-state index is 13.5. The maximum Gasteiger partial charge on any atom is 0.295 e. The molecule has 0 spiro atoms. The number of ether oxygens (including phenoxy) is 2. The Morgan fingerprint density at radius 3 is 2.35 bits per heavy atom. The number of Topliss-reactive ketones (excluding diaryl/α,β-unsaturated/α-hetero) is 1. The van der Waals surface area contributed by atoms with Gasteiger partial charge in [0.2, 0.25) is 0 Å². The molecule has 1 saturated heterocycles. The number of amides is 1. The number of aliphatic hydroxyl groups is 2. The normalized spacial score (nSPS) is 17.9. The molecular weight excluding hydrogens is 405 g/mol. The summed E-state index contributed by atoms with van der Waals surface area (Å²) in [5.41, 5.74) is 0.753. The van der Waals surface area contributed by atoms with Crippen LogP contribution in [0.2, 0.25) is 0 Å². The van der Waals surface area contributed by atoms with Gasteiger partial charge in [0.15, 0.2) is 0 Å². The van der Waals surface area contributed by atoms with Crippen LogP contribution >= 0.6 is 0 Å². The van der Waals surface area contributed by atoms with Crippen molar-refractivity contribution in [3.63, 3.8) is 0 Å². The van der Waals surface area contributed by atoms with Crippen molar-refractivity contribution < 1.29 is 33.7 Å². The van der Waals surface area contributed by atoms with Gasteiger partial charge in [0.05, 0.1) is 38.0 Å². The number of benzene rings is 2. The Bertz CT molecular complexity index is 955. The number of hydrogen-bond acceptors (Lipinski definition) is 6. The van der Waals surface area contributed by atoms with E-state index in [4.69, 9.17) is 14.6 Å². The van der Waals surface area contributed by atoms with Crippen LogP contribution in [0.4, 0.5) is 4.39 Å². The number of carbonyl (C=O) groups excluding carboxylic acids is 2. The first-order chi connectivity index (χ1) is 15.0. The highest BCUT2D eigenvalue weighted by atomic mass is 19.1. The lowest BCUT2D eigenvalue weighted by Gasteiger charge is -2.25. The molecule has 1 atom stereocenters. The fourth-order valence-corrected chi connectivity index (χ4v) is 3.46. The molecule has 1 aliphatic heterocycles. The monoisotopic (exact) mass is 429 g/mol. The van der Waals surface area contributed by atoms with E-state index >= 15 is 0 Å². The first-order valence-corrected chi connectivity index (χ1v) is 9.93. The van der Waals surface area contributed by atoms with E-state index in [-0.39, 0.29) is 37.7 Å². The van der Waals surface area contributed by atoms with Gasteiger partial charge in [-0.2, -0.15) is 0 Å². The largest absolute Gasteiger partial charge is 0.507 e. The number of ketones is 1. The topological polar surface area (TPSA) is 96.3 Å². The Morgan fingerprint density at radius 2 is 1.74 bits per heavy atom. The fraction of sp³-hybridized carbons (Fsp3) is 0.304. The van der Waals surface area contributed by atoms with E-state index in [1.54, 1.807) is 24.3 Å². The molecule has 1 amide bonds. The van der Waals surface area contributed by atoms with Crippen molar-refractivity contribution in [3.8, 4) is 5.75 Å². The molecule has 1 aliphatic rings. The van der Waals surface area contributed by atoms with Crippen LogP contribution in [0.3, 0.4) is 0 Å². The van der Waals surface area contributed by atoms with Gasteiger partial charge in [-0.25, -0.2) is 4.39 Å². The average molecular weight is 429 g/mol. The second kappa shape index (κ2) is 10.2. The van der Waals surface area contributed by atoms with Gasteiger partial charge in [-0.1, -0.05) is 12.1 Å². The second-order valence-electron chi connectivity index (χ2n) is 6.84. The molecule has 3 rings (SSSR count). The van der Waals surface area contributed by atoms with Gasteiger partial charge < -0.3 is 24.6 Å². The quantitative estimate of drug-likeness (QED) is 0.275. The van der Waals surface area contributed by atoms with Crippen LogP contribution in [0.5, 0.6) is 5.75 Å². The van der Waals surface area contributed by atoms with Gasteiger partial charge in [-0.15, -0.1) is 0 Å². The van der Waals surface area contributed by atoms with Crippen molar-refractivity contribution in [1.82, 2.24) is 4.90 Å². The van der Waals surface area contributed by atoms with Crippen LogP contribution in [-0.2, 0) is 14.3 Å². The van der Waals surface area contributed by atoms with Crippen LogP contribution < -0.4 is 4.74 Å². The number of hydrogen-bond donors (Lipinski definition) is 2. The highest BCUT2D eigenvalue weighted by Gasteiger charge is 2.45. The molecule has 1 fully saturated rings. The summed E-state index contributed by atoms with van der Waals surface area (Å²) < 4.78 is 24.1. The summed E-state index contributed by atoms with van der Waals surface area (Å²) in [6.45, 7) is 2.41. The third kappa shape index (κ3) is 4.92. The Balaban J connectivity index is 2.02. The number of likely N-dealkylation sites (tertiary alicyclic amines) is 1. The zero-order valence-corrected chi connectivity index (χ0v) is 17.1. The van der Waals surface area contributed by atoms with Crippen molar-refractivity contribution >= 4 is 17.4 Å². The first-order valence-electron chi connectivity index (χ1n) is 9.93. The molecule has 164 valence electrons. The highest BCUT2D eigenvalue weighted by molar-refractivity contribution is 6.46. The molecule has 0 radical (unpaired) electrons. The molecule has 1 heterocycles. The number of halogens is 1. The third-order valence-corrected chi connectivity index (χ3v) is 4.88. The van der Waals surface area contributed by atoms with Gasteiger partial charge in [-0.05, 0) is 48.9 Å². The van der Waals surface area contributed by atoms with E-state index in [0.717, 1.165) is 0 Å². The average Bonchev–Trinajstić information content (AvgIpc) is 3.02. The lowest BCUT2D eigenvalue weighted by atomic mass is 9.95. The predicted octanol–water partition coefficient (Wildman–Crippen LogP) is 2.66. The Hall–Kier alpha value is -3.23. The van der Waals surface area contributed by atoms with Crippen LogP contribution in [0.25, 0.3) is 5.76 Å². The number of aliphatic hydroxyl groups excluding tert-OH is 2. The number of rotatable bonds is 9. The molecule has 2 aromatic rings. The van der Waals surface area contributed by atoms with Crippen molar-refractivity contribution in [3.05, 3.63) is 71.0 Å². The molecule has 2 aromatic carbocycles. The lowest BCUT2D eigenvalue weighted by Crippen LogP contribution is -2.33. The first kappa shape index (κ1) is 22.5. The van der Waals surface area contributed by atoms with Gasteiger partial charge in [0, 0.05) is 12.1 Å². The molecular formula is C23H24FNO6.